The van der Waals surface area contributed by atoms with Crippen molar-refractivity contribution < 1.29 is 14.6 Å². The Morgan fingerprint density at radius 1 is 1.43 bits per heavy atom. The van der Waals surface area contributed by atoms with Gasteiger partial charge in [0.15, 0.2) is 0 Å². The first-order chi connectivity index (χ1) is 6.76. The van der Waals surface area contributed by atoms with Crippen LogP contribution in [0.25, 0.3) is 0 Å². The highest BCUT2D eigenvalue weighted by atomic mass is 16.5. The number of aliphatic hydroxyl groups excluding tert-OH is 1. The molecular weight excluding hydrogens is 182 g/mol. The van der Waals surface area contributed by atoms with Crippen LogP contribution in [0.3, 0.4) is 0 Å². The monoisotopic (exact) mass is 201 g/mol. The van der Waals surface area contributed by atoms with Gasteiger partial charge in [0.1, 0.15) is 0 Å². The molecule has 0 atom stereocenters. The summed E-state index contributed by atoms with van der Waals surface area (Å²) in [6, 6.07) is 0.233. The second-order valence-corrected chi connectivity index (χ2v) is 3.77. The first kappa shape index (κ1) is 11.3. The van der Waals surface area contributed by atoms with E-state index in [1.165, 1.54) is 0 Å². The van der Waals surface area contributed by atoms with Gasteiger partial charge in [-0.15, -0.1) is 0 Å². The van der Waals surface area contributed by atoms with E-state index in [-0.39, 0.29) is 18.7 Å². The smallest absolute Gasteiger partial charge is 0.407 e. The minimum atomic E-state index is -0.319. The van der Waals surface area contributed by atoms with Crippen molar-refractivity contribution in [2.24, 2.45) is 5.92 Å². The van der Waals surface area contributed by atoms with Crippen molar-refractivity contribution in [2.75, 3.05) is 13.2 Å². The molecule has 0 radical (unpaired) electrons. The van der Waals surface area contributed by atoms with Gasteiger partial charge in [-0.25, -0.2) is 4.79 Å². The molecule has 0 saturated heterocycles. The molecule has 2 N–H and O–H groups in total. The molecule has 0 unspecified atom stereocenters. The maximum Gasteiger partial charge on any atom is 0.407 e. The van der Waals surface area contributed by atoms with E-state index in [1.807, 2.05) is 0 Å². The zero-order valence-electron chi connectivity index (χ0n) is 8.66. The normalized spacial score (nSPS) is 27.0. The van der Waals surface area contributed by atoms with Crippen molar-refractivity contribution in [2.45, 2.75) is 38.6 Å². The van der Waals surface area contributed by atoms with Gasteiger partial charge >= 0.3 is 6.09 Å². The number of alkyl carbamates (subject to hydrolysis) is 1. The van der Waals surface area contributed by atoms with Crippen LogP contribution in [0.5, 0.6) is 0 Å². The topological polar surface area (TPSA) is 58.6 Å². The lowest BCUT2D eigenvalue weighted by atomic mass is 9.87. The van der Waals surface area contributed by atoms with Crippen LogP contribution in [-0.4, -0.2) is 30.5 Å². The zero-order chi connectivity index (χ0) is 10.4. The first-order valence-corrected chi connectivity index (χ1v) is 5.30. The Hall–Kier alpha value is -0.770. The highest BCUT2D eigenvalue weighted by Crippen LogP contribution is 2.23. The van der Waals surface area contributed by atoms with Crippen molar-refractivity contribution in [1.82, 2.24) is 5.32 Å². The molecule has 14 heavy (non-hydrogen) atoms. The van der Waals surface area contributed by atoms with Gasteiger partial charge in [0.25, 0.3) is 0 Å². The van der Waals surface area contributed by atoms with Crippen molar-refractivity contribution >= 4 is 6.09 Å². The van der Waals surface area contributed by atoms with Crippen molar-refractivity contribution in [3.8, 4) is 0 Å². The molecule has 1 aliphatic rings. The van der Waals surface area contributed by atoms with Crippen molar-refractivity contribution in [3.63, 3.8) is 0 Å². The van der Waals surface area contributed by atoms with Crippen molar-refractivity contribution in [3.05, 3.63) is 0 Å². The van der Waals surface area contributed by atoms with E-state index in [4.69, 9.17) is 9.84 Å². The van der Waals surface area contributed by atoms with E-state index >= 15 is 0 Å². The Morgan fingerprint density at radius 2 is 2.07 bits per heavy atom. The Labute approximate surface area is 84.6 Å². The lowest BCUT2D eigenvalue weighted by Gasteiger charge is -2.27. The minimum absolute atomic E-state index is 0.233. The molecule has 0 aromatic rings. The van der Waals surface area contributed by atoms with Gasteiger partial charge in [-0.05, 0) is 38.5 Å². The number of aliphatic hydroxyl groups is 1. The second-order valence-electron chi connectivity index (χ2n) is 3.77. The number of hydrogen-bond acceptors (Lipinski definition) is 3. The third-order valence-corrected chi connectivity index (χ3v) is 2.70. The van der Waals surface area contributed by atoms with Gasteiger partial charge in [-0.3, -0.25) is 0 Å². The molecule has 1 rings (SSSR count). The molecule has 1 fully saturated rings. The average molecular weight is 201 g/mol. The fourth-order valence-corrected chi connectivity index (χ4v) is 1.83. The van der Waals surface area contributed by atoms with Crippen LogP contribution < -0.4 is 5.32 Å². The Kier molecular flexibility index (Phi) is 4.73. The molecule has 0 heterocycles. The van der Waals surface area contributed by atoms with Gasteiger partial charge in [-0.2, -0.15) is 0 Å². The largest absolute Gasteiger partial charge is 0.450 e. The van der Waals surface area contributed by atoms with E-state index in [9.17, 15) is 4.79 Å². The van der Waals surface area contributed by atoms with E-state index in [1.54, 1.807) is 6.92 Å². The van der Waals surface area contributed by atoms with E-state index in [0.717, 1.165) is 25.7 Å². The zero-order valence-corrected chi connectivity index (χ0v) is 8.66. The summed E-state index contributed by atoms with van der Waals surface area (Å²) in [5, 5.41) is 11.8. The molecule has 0 aromatic heterocycles. The van der Waals surface area contributed by atoms with Gasteiger partial charge in [0.05, 0.1) is 6.61 Å². The lowest BCUT2D eigenvalue weighted by molar-refractivity contribution is 0.137. The van der Waals surface area contributed by atoms with E-state index in [0.29, 0.717) is 12.5 Å². The highest BCUT2D eigenvalue weighted by Gasteiger charge is 2.21. The van der Waals surface area contributed by atoms with Crippen LogP contribution in [0.1, 0.15) is 32.6 Å². The minimum Gasteiger partial charge on any atom is -0.450 e. The maximum atomic E-state index is 11.1. The summed E-state index contributed by atoms with van der Waals surface area (Å²) in [7, 11) is 0. The van der Waals surface area contributed by atoms with Crippen LogP contribution >= 0.6 is 0 Å². The maximum absolute atomic E-state index is 11.1. The number of carbonyl (C=O) groups excluding carboxylic acids is 1. The molecule has 4 nitrogen and oxygen atoms in total. The molecule has 1 aliphatic carbocycles. The van der Waals surface area contributed by atoms with Crippen molar-refractivity contribution in [1.29, 1.82) is 0 Å². The van der Waals surface area contributed by atoms with Crippen LogP contribution in [0.4, 0.5) is 4.79 Å². The third-order valence-electron chi connectivity index (χ3n) is 2.70. The number of amides is 1. The highest BCUT2D eigenvalue weighted by molar-refractivity contribution is 5.67. The Morgan fingerprint density at radius 3 is 2.57 bits per heavy atom. The molecule has 1 saturated carbocycles. The average Bonchev–Trinajstić information content (AvgIpc) is 2.19. The summed E-state index contributed by atoms with van der Waals surface area (Å²) < 4.78 is 4.80. The molecule has 0 spiro atoms. The molecule has 1 amide bonds. The van der Waals surface area contributed by atoms with Gasteiger partial charge in [0.2, 0.25) is 0 Å². The lowest BCUT2D eigenvalue weighted by Crippen LogP contribution is -2.38. The summed E-state index contributed by atoms with van der Waals surface area (Å²) in [6.45, 7) is 2.48. The van der Waals surface area contributed by atoms with Gasteiger partial charge in [0, 0.05) is 12.6 Å². The first-order valence-electron chi connectivity index (χ1n) is 5.30. The molecule has 0 aliphatic heterocycles. The molecular formula is C10H19NO3. The standard InChI is InChI=1S/C10H19NO3/c1-2-14-10(13)11-9-5-3-8(7-12)4-6-9/h8-9,12H,2-7H2,1H3,(H,11,13). The fourth-order valence-electron chi connectivity index (χ4n) is 1.83. The Bertz CT molecular complexity index is 176. The van der Waals surface area contributed by atoms with Crippen LogP contribution in [0.2, 0.25) is 0 Å². The number of carbonyl (C=O) groups is 1. The predicted octanol–water partition coefficient (Wildman–Crippen LogP) is 1.28. The van der Waals surface area contributed by atoms with E-state index < -0.39 is 0 Å². The number of rotatable bonds is 3. The number of ether oxygens (including phenoxy) is 1. The molecule has 0 bridgehead atoms. The molecule has 4 heteroatoms. The predicted molar refractivity (Wildman–Crippen MR) is 53.0 cm³/mol. The number of nitrogens with one attached hydrogen (secondary N) is 1. The fraction of sp³-hybridized carbons (Fsp3) is 0.900. The van der Waals surface area contributed by atoms with Crippen LogP contribution in [0, 0.1) is 5.92 Å². The summed E-state index contributed by atoms with van der Waals surface area (Å²) in [5.41, 5.74) is 0. The van der Waals surface area contributed by atoms with Crippen LogP contribution in [0.15, 0.2) is 0 Å². The van der Waals surface area contributed by atoms with E-state index in [2.05, 4.69) is 5.32 Å². The summed E-state index contributed by atoms with van der Waals surface area (Å²) in [5.74, 6) is 0.426. The second kappa shape index (κ2) is 5.86. The molecule has 0 aromatic carbocycles. The third kappa shape index (κ3) is 3.54. The Balaban J connectivity index is 2.18. The molecule has 82 valence electrons. The van der Waals surface area contributed by atoms with Crippen LogP contribution in [-0.2, 0) is 4.74 Å². The summed E-state index contributed by atoms with van der Waals surface area (Å²) in [4.78, 5) is 11.1. The quantitative estimate of drug-likeness (QED) is 0.723. The summed E-state index contributed by atoms with van der Waals surface area (Å²) >= 11 is 0. The summed E-state index contributed by atoms with van der Waals surface area (Å²) in [6.07, 6.45) is 3.56. The SMILES string of the molecule is CCOC(=O)NC1CCC(CO)CC1. The van der Waals surface area contributed by atoms with Gasteiger partial charge in [-0.1, -0.05) is 0 Å². The van der Waals surface area contributed by atoms with Gasteiger partial charge < -0.3 is 15.2 Å². The number of hydrogen-bond donors (Lipinski definition) is 2.